The molecule has 0 fully saturated rings. The molecule has 1 atom stereocenters. The van der Waals surface area contributed by atoms with Gasteiger partial charge in [0.05, 0.1) is 6.07 Å². The van der Waals surface area contributed by atoms with Crippen LogP contribution in [-0.2, 0) is 9.47 Å². The molecular formula is C13H18N2O2. The van der Waals surface area contributed by atoms with Crippen LogP contribution < -0.4 is 5.32 Å². The Hall–Kier alpha value is -1.57. The molecule has 0 spiro atoms. The fourth-order valence-corrected chi connectivity index (χ4v) is 1.70. The Labute approximate surface area is 102 Å². The maximum absolute atomic E-state index is 9.30. The van der Waals surface area contributed by atoms with E-state index in [9.17, 15) is 5.26 Å². The number of nitrogens with one attached hydrogen (secondary N) is 1. The molecule has 17 heavy (non-hydrogen) atoms. The van der Waals surface area contributed by atoms with Gasteiger partial charge in [-0.25, -0.2) is 0 Å². The molecule has 0 saturated carbocycles. The van der Waals surface area contributed by atoms with Crippen molar-refractivity contribution in [1.29, 1.82) is 5.26 Å². The van der Waals surface area contributed by atoms with Gasteiger partial charge in [-0.3, -0.25) is 0 Å². The summed E-state index contributed by atoms with van der Waals surface area (Å²) in [6.07, 6.45) is -0.632. The summed E-state index contributed by atoms with van der Waals surface area (Å²) in [5.41, 5.74) is 1.03. The Bertz CT molecular complexity index is 410. The Kier molecular flexibility index (Phi) is 4.50. The molecule has 0 bridgehead atoms. The van der Waals surface area contributed by atoms with Gasteiger partial charge in [-0.05, 0) is 25.5 Å². The standard InChI is InChI=1S/C13H18N2O2/c1-10-7-5-6-8-11(10)15-13(2,9-14)12(16-3)17-4/h5-8,12,15H,1-4H3. The Morgan fingerprint density at radius 2 is 1.88 bits per heavy atom. The first kappa shape index (κ1) is 13.5. The van der Waals surface area contributed by atoms with Crippen LogP contribution in [0.15, 0.2) is 24.3 Å². The molecule has 1 unspecified atom stereocenters. The van der Waals surface area contributed by atoms with Gasteiger partial charge in [0.25, 0.3) is 0 Å². The number of rotatable bonds is 5. The predicted molar refractivity (Wildman–Crippen MR) is 66.6 cm³/mol. The number of nitrogens with zero attached hydrogens (tertiary/aromatic N) is 1. The van der Waals surface area contributed by atoms with Crippen LogP contribution in [0.5, 0.6) is 0 Å². The maximum Gasteiger partial charge on any atom is 0.193 e. The number of benzene rings is 1. The average Bonchev–Trinajstić information content (AvgIpc) is 2.33. The van der Waals surface area contributed by atoms with E-state index in [-0.39, 0.29) is 0 Å². The fourth-order valence-electron chi connectivity index (χ4n) is 1.70. The van der Waals surface area contributed by atoms with E-state index in [1.807, 2.05) is 31.2 Å². The summed E-state index contributed by atoms with van der Waals surface area (Å²) in [5.74, 6) is 0. The first-order valence-electron chi connectivity index (χ1n) is 5.38. The molecule has 0 aliphatic rings. The van der Waals surface area contributed by atoms with Crippen molar-refractivity contribution in [1.82, 2.24) is 0 Å². The molecule has 0 saturated heterocycles. The highest BCUT2D eigenvalue weighted by Gasteiger charge is 2.35. The molecule has 1 N–H and O–H groups in total. The number of hydrogen-bond acceptors (Lipinski definition) is 4. The van der Waals surface area contributed by atoms with E-state index >= 15 is 0 Å². The lowest BCUT2D eigenvalue weighted by Gasteiger charge is -2.31. The number of methoxy groups -OCH3 is 2. The number of ether oxygens (including phenoxy) is 2. The minimum absolute atomic E-state index is 0.632. The molecule has 0 amide bonds. The van der Waals surface area contributed by atoms with Crippen molar-refractivity contribution in [3.8, 4) is 6.07 Å². The number of nitriles is 1. The molecule has 0 aliphatic carbocycles. The zero-order valence-corrected chi connectivity index (χ0v) is 10.7. The van der Waals surface area contributed by atoms with E-state index in [0.717, 1.165) is 11.3 Å². The van der Waals surface area contributed by atoms with Gasteiger partial charge < -0.3 is 14.8 Å². The SMILES string of the molecule is COC(OC)C(C)(C#N)Nc1ccccc1C. The normalized spacial score (nSPS) is 14.1. The lowest BCUT2D eigenvalue weighted by atomic mass is 10.0. The third kappa shape index (κ3) is 2.96. The van der Waals surface area contributed by atoms with Crippen molar-refractivity contribution < 1.29 is 9.47 Å². The number of anilines is 1. The molecule has 0 heterocycles. The van der Waals surface area contributed by atoms with Gasteiger partial charge in [0.2, 0.25) is 0 Å². The Balaban J connectivity index is 2.98. The number of aryl methyl sites for hydroxylation is 1. The van der Waals surface area contributed by atoms with Gasteiger partial charge in [-0.2, -0.15) is 5.26 Å². The van der Waals surface area contributed by atoms with Gasteiger partial charge in [0.15, 0.2) is 11.8 Å². The van der Waals surface area contributed by atoms with Crippen molar-refractivity contribution in [2.24, 2.45) is 0 Å². The summed E-state index contributed by atoms with van der Waals surface area (Å²) in [7, 11) is 3.03. The summed E-state index contributed by atoms with van der Waals surface area (Å²) in [6.45, 7) is 3.73. The highest BCUT2D eigenvalue weighted by Crippen LogP contribution is 2.23. The van der Waals surface area contributed by atoms with Crippen LogP contribution in [0, 0.1) is 18.3 Å². The highest BCUT2D eigenvalue weighted by atomic mass is 16.7. The average molecular weight is 234 g/mol. The molecule has 1 rings (SSSR count). The summed E-state index contributed by atoms with van der Waals surface area (Å²) in [5, 5.41) is 12.5. The predicted octanol–water partition coefficient (Wildman–Crippen LogP) is 2.31. The van der Waals surface area contributed by atoms with Crippen molar-refractivity contribution in [3.63, 3.8) is 0 Å². The van der Waals surface area contributed by atoms with Gasteiger partial charge in [-0.15, -0.1) is 0 Å². The van der Waals surface area contributed by atoms with Crippen LogP contribution >= 0.6 is 0 Å². The van der Waals surface area contributed by atoms with Crippen molar-refractivity contribution in [3.05, 3.63) is 29.8 Å². The third-order valence-corrected chi connectivity index (χ3v) is 2.67. The molecule has 1 aromatic rings. The summed E-state index contributed by atoms with van der Waals surface area (Å²) < 4.78 is 10.3. The summed E-state index contributed by atoms with van der Waals surface area (Å²) in [4.78, 5) is 0. The zero-order valence-electron chi connectivity index (χ0n) is 10.7. The maximum atomic E-state index is 9.30. The van der Waals surface area contributed by atoms with E-state index in [1.165, 1.54) is 14.2 Å². The van der Waals surface area contributed by atoms with Crippen molar-refractivity contribution in [2.45, 2.75) is 25.7 Å². The number of hydrogen-bond donors (Lipinski definition) is 1. The largest absolute Gasteiger partial charge is 0.363 e. The Morgan fingerprint density at radius 3 is 2.35 bits per heavy atom. The Morgan fingerprint density at radius 1 is 1.29 bits per heavy atom. The molecule has 0 radical (unpaired) electrons. The fraction of sp³-hybridized carbons (Fsp3) is 0.462. The second-order valence-corrected chi connectivity index (χ2v) is 4.06. The van der Waals surface area contributed by atoms with Gasteiger partial charge in [-0.1, -0.05) is 18.2 Å². The van der Waals surface area contributed by atoms with Crippen LogP contribution in [-0.4, -0.2) is 26.0 Å². The quantitative estimate of drug-likeness (QED) is 0.794. The van der Waals surface area contributed by atoms with E-state index < -0.39 is 11.8 Å². The number of para-hydroxylation sites is 1. The van der Waals surface area contributed by atoms with E-state index in [0.29, 0.717) is 0 Å². The first-order chi connectivity index (χ1) is 8.07. The lowest BCUT2D eigenvalue weighted by molar-refractivity contribution is -0.124. The molecule has 4 nitrogen and oxygen atoms in total. The van der Waals surface area contributed by atoms with E-state index in [2.05, 4.69) is 11.4 Å². The van der Waals surface area contributed by atoms with Gasteiger partial charge >= 0.3 is 0 Å². The minimum Gasteiger partial charge on any atom is -0.363 e. The molecule has 1 aromatic carbocycles. The minimum atomic E-state index is -0.935. The second-order valence-electron chi connectivity index (χ2n) is 4.06. The summed E-state index contributed by atoms with van der Waals surface area (Å²) >= 11 is 0. The van der Waals surface area contributed by atoms with Crippen LogP contribution in [0.1, 0.15) is 12.5 Å². The monoisotopic (exact) mass is 234 g/mol. The lowest BCUT2D eigenvalue weighted by Crippen LogP contribution is -2.47. The van der Waals surface area contributed by atoms with Gasteiger partial charge in [0.1, 0.15) is 0 Å². The second kappa shape index (κ2) is 5.67. The van der Waals surface area contributed by atoms with Crippen LogP contribution in [0.4, 0.5) is 5.69 Å². The van der Waals surface area contributed by atoms with Crippen LogP contribution in [0.25, 0.3) is 0 Å². The summed E-state index contributed by atoms with van der Waals surface area (Å²) in [6, 6.07) is 9.97. The van der Waals surface area contributed by atoms with Crippen molar-refractivity contribution >= 4 is 5.69 Å². The molecule has 0 aliphatic heterocycles. The van der Waals surface area contributed by atoms with E-state index in [4.69, 9.17) is 9.47 Å². The van der Waals surface area contributed by atoms with Crippen LogP contribution in [0.3, 0.4) is 0 Å². The highest BCUT2D eigenvalue weighted by molar-refractivity contribution is 5.53. The third-order valence-electron chi connectivity index (χ3n) is 2.67. The molecule has 4 heteroatoms. The smallest absolute Gasteiger partial charge is 0.193 e. The van der Waals surface area contributed by atoms with E-state index in [1.54, 1.807) is 6.92 Å². The van der Waals surface area contributed by atoms with Gasteiger partial charge in [0, 0.05) is 19.9 Å². The molecular weight excluding hydrogens is 216 g/mol. The van der Waals surface area contributed by atoms with Crippen molar-refractivity contribution in [2.75, 3.05) is 19.5 Å². The topological polar surface area (TPSA) is 54.3 Å². The molecule has 0 aromatic heterocycles. The zero-order chi connectivity index (χ0) is 12.9. The first-order valence-corrected chi connectivity index (χ1v) is 5.38. The molecule has 92 valence electrons. The van der Waals surface area contributed by atoms with Crippen LogP contribution in [0.2, 0.25) is 0 Å².